The van der Waals surface area contributed by atoms with Gasteiger partial charge in [-0.05, 0) is 11.5 Å². The summed E-state index contributed by atoms with van der Waals surface area (Å²) in [5.41, 5.74) is 1.32. The number of rotatable bonds is 3. The van der Waals surface area contributed by atoms with Gasteiger partial charge in [0.2, 0.25) is 0 Å². The molecule has 1 amide bonds. The number of benzene rings is 1. The van der Waals surface area contributed by atoms with E-state index in [0.717, 1.165) is 11.8 Å². The van der Waals surface area contributed by atoms with Crippen LogP contribution in [-0.4, -0.2) is 12.2 Å². The van der Waals surface area contributed by atoms with Gasteiger partial charge in [0.05, 0.1) is 0 Å². The van der Waals surface area contributed by atoms with Gasteiger partial charge in [-0.3, -0.25) is 9.59 Å². The molecular formula is C11H9NO2. The van der Waals surface area contributed by atoms with E-state index in [-0.39, 0.29) is 6.54 Å². The van der Waals surface area contributed by atoms with Gasteiger partial charge in [-0.2, -0.15) is 0 Å². The van der Waals surface area contributed by atoms with Gasteiger partial charge in [0.1, 0.15) is 6.29 Å². The van der Waals surface area contributed by atoms with E-state index in [1.54, 1.807) is 24.3 Å². The van der Waals surface area contributed by atoms with E-state index in [2.05, 4.69) is 5.32 Å². The molecule has 14 heavy (non-hydrogen) atoms. The summed E-state index contributed by atoms with van der Waals surface area (Å²) in [6.45, 7) is 0.276. The van der Waals surface area contributed by atoms with Crippen molar-refractivity contribution < 1.29 is 9.59 Å². The van der Waals surface area contributed by atoms with Crippen LogP contribution in [0.3, 0.4) is 0 Å². The van der Waals surface area contributed by atoms with Crippen LogP contribution in [0.1, 0.15) is 15.9 Å². The molecule has 0 aliphatic heterocycles. The normalized spacial score (nSPS) is 8.79. The summed E-state index contributed by atoms with van der Waals surface area (Å²) < 4.78 is 0. The number of carbonyl (C=O) groups is 2. The summed E-state index contributed by atoms with van der Waals surface area (Å²) >= 11 is 0. The minimum absolute atomic E-state index is 0.276. The van der Waals surface area contributed by atoms with Crippen LogP contribution in [0.25, 0.3) is 0 Å². The van der Waals surface area contributed by atoms with Gasteiger partial charge in [0, 0.05) is 12.1 Å². The summed E-state index contributed by atoms with van der Waals surface area (Å²) in [7, 11) is 0. The number of terminal acetylenes is 1. The van der Waals surface area contributed by atoms with Gasteiger partial charge >= 0.3 is 0 Å². The standard InChI is InChI=1S/C11H9NO2/c1-2-11(14)12-7-9-5-3-4-6-10(9)8-13/h1,3-6,8H,7H2,(H,12,14). The van der Waals surface area contributed by atoms with Crippen molar-refractivity contribution >= 4 is 12.2 Å². The largest absolute Gasteiger partial charge is 0.341 e. The average molecular weight is 187 g/mol. The maximum atomic E-state index is 10.7. The molecule has 1 N–H and O–H groups in total. The predicted molar refractivity (Wildman–Crippen MR) is 52.5 cm³/mol. The first-order valence-electron chi connectivity index (χ1n) is 4.05. The first-order valence-corrected chi connectivity index (χ1v) is 4.05. The number of hydrogen-bond acceptors (Lipinski definition) is 2. The van der Waals surface area contributed by atoms with Crippen molar-refractivity contribution in [3.8, 4) is 12.3 Å². The maximum absolute atomic E-state index is 10.7. The van der Waals surface area contributed by atoms with Crippen LogP contribution in [0.15, 0.2) is 24.3 Å². The van der Waals surface area contributed by atoms with E-state index in [1.807, 2.05) is 5.92 Å². The fourth-order valence-electron chi connectivity index (χ4n) is 1.04. The lowest BCUT2D eigenvalue weighted by Gasteiger charge is -2.03. The van der Waals surface area contributed by atoms with Crippen LogP contribution < -0.4 is 5.32 Å². The molecule has 0 aliphatic carbocycles. The number of aldehydes is 1. The van der Waals surface area contributed by atoms with Crippen molar-refractivity contribution in [1.82, 2.24) is 5.32 Å². The number of hydrogen-bond donors (Lipinski definition) is 1. The van der Waals surface area contributed by atoms with E-state index >= 15 is 0 Å². The van der Waals surface area contributed by atoms with Crippen LogP contribution in [0, 0.1) is 12.3 Å². The average Bonchev–Trinajstić information content (AvgIpc) is 2.26. The summed E-state index contributed by atoms with van der Waals surface area (Å²) in [5.74, 6) is 1.45. The molecular weight excluding hydrogens is 178 g/mol. The molecule has 1 aromatic carbocycles. The van der Waals surface area contributed by atoms with E-state index in [1.165, 1.54) is 0 Å². The zero-order chi connectivity index (χ0) is 10.4. The zero-order valence-corrected chi connectivity index (χ0v) is 7.49. The first kappa shape index (κ1) is 10.0. The molecule has 0 atom stereocenters. The number of nitrogens with one attached hydrogen (secondary N) is 1. The highest BCUT2D eigenvalue weighted by atomic mass is 16.1. The number of amides is 1. The van der Waals surface area contributed by atoms with Crippen molar-refractivity contribution in [3.05, 3.63) is 35.4 Å². The highest BCUT2D eigenvalue weighted by Gasteiger charge is 2.01. The zero-order valence-electron chi connectivity index (χ0n) is 7.49. The van der Waals surface area contributed by atoms with Gasteiger partial charge < -0.3 is 5.32 Å². The van der Waals surface area contributed by atoms with Gasteiger partial charge in [-0.1, -0.05) is 24.3 Å². The van der Waals surface area contributed by atoms with Crippen molar-refractivity contribution in [1.29, 1.82) is 0 Å². The third kappa shape index (κ3) is 2.46. The highest BCUT2D eigenvalue weighted by Crippen LogP contribution is 2.05. The van der Waals surface area contributed by atoms with Crippen molar-refractivity contribution in [3.63, 3.8) is 0 Å². The predicted octanol–water partition coefficient (Wildman–Crippen LogP) is 0.748. The summed E-state index contributed by atoms with van der Waals surface area (Å²) in [6, 6.07) is 7.01. The molecule has 70 valence electrons. The van der Waals surface area contributed by atoms with Crippen LogP contribution in [0.4, 0.5) is 0 Å². The molecule has 0 radical (unpaired) electrons. The third-order valence-corrected chi connectivity index (χ3v) is 1.75. The summed E-state index contributed by atoms with van der Waals surface area (Å²) in [4.78, 5) is 21.3. The Labute approximate surface area is 82.1 Å². The fraction of sp³-hybridized carbons (Fsp3) is 0.0909. The Kier molecular flexibility index (Phi) is 3.45. The Bertz CT molecular complexity index is 391. The minimum Gasteiger partial charge on any atom is -0.341 e. The van der Waals surface area contributed by atoms with E-state index in [9.17, 15) is 9.59 Å². The topological polar surface area (TPSA) is 46.2 Å². The lowest BCUT2D eigenvalue weighted by Crippen LogP contribution is -2.21. The molecule has 0 unspecified atom stereocenters. The van der Waals surface area contributed by atoms with Crippen molar-refractivity contribution in [2.45, 2.75) is 6.54 Å². The van der Waals surface area contributed by atoms with Gasteiger partial charge in [-0.25, -0.2) is 0 Å². The smallest absolute Gasteiger partial charge is 0.295 e. The highest BCUT2D eigenvalue weighted by molar-refractivity contribution is 5.92. The van der Waals surface area contributed by atoms with Gasteiger partial charge in [0.25, 0.3) is 5.91 Å². The third-order valence-electron chi connectivity index (χ3n) is 1.75. The van der Waals surface area contributed by atoms with Gasteiger partial charge in [-0.15, -0.1) is 6.42 Å². The second-order valence-electron chi connectivity index (χ2n) is 2.64. The fourth-order valence-corrected chi connectivity index (χ4v) is 1.04. The van der Waals surface area contributed by atoms with E-state index in [0.29, 0.717) is 5.56 Å². The van der Waals surface area contributed by atoms with E-state index < -0.39 is 5.91 Å². The second kappa shape index (κ2) is 4.83. The van der Waals surface area contributed by atoms with Crippen LogP contribution >= 0.6 is 0 Å². The molecule has 1 rings (SSSR count). The SMILES string of the molecule is C#CC(=O)NCc1ccccc1C=O. The van der Waals surface area contributed by atoms with Crippen LogP contribution in [-0.2, 0) is 11.3 Å². The molecule has 0 saturated heterocycles. The molecule has 0 aliphatic rings. The van der Waals surface area contributed by atoms with E-state index in [4.69, 9.17) is 6.42 Å². The molecule has 1 aromatic rings. The Hall–Kier alpha value is -2.08. The van der Waals surface area contributed by atoms with Crippen LogP contribution in [0.2, 0.25) is 0 Å². The second-order valence-corrected chi connectivity index (χ2v) is 2.64. The van der Waals surface area contributed by atoms with Crippen molar-refractivity contribution in [2.75, 3.05) is 0 Å². The summed E-state index contributed by atoms with van der Waals surface area (Å²) in [5, 5.41) is 2.49. The molecule has 0 saturated carbocycles. The Balaban J connectivity index is 2.72. The van der Waals surface area contributed by atoms with Crippen molar-refractivity contribution in [2.24, 2.45) is 0 Å². The Morgan fingerprint density at radius 1 is 1.50 bits per heavy atom. The molecule has 0 fully saturated rings. The molecule has 0 heterocycles. The monoisotopic (exact) mass is 187 g/mol. The summed E-state index contributed by atoms with van der Waals surface area (Å²) in [6.07, 6.45) is 5.62. The molecule has 3 heteroatoms. The lowest BCUT2D eigenvalue weighted by atomic mass is 10.1. The molecule has 0 bridgehead atoms. The molecule has 0 spiro atoms. The van der Waals surface area contributed by atoms with Gasteiger partial charge in [0.15, 0.2) is 0 Å². The quantitative estimate of drug-likeness (QED) is 0.560. The Morgan fingerprint density at radius 2 is 2.21 bits per heavy atom. The lowest BCUT2D eigenvalue weighted by molar-refractivity contribution is -0.115. The maximum Gasteiger partial charge on any atom is 0.295 e. The first-order chi connectivity index (χ1) is 6.77. The molecule has 0 aromatic heterocycles. The minimum atomic E-state index is -0.481. The number of carbonyl (C=O) groups excluding carboxylic acids is 2. The Morgan fingerprint density at radius 3 is 2.86 bits per heavy atom. The van der Waals surface area contributed by atoms with Crippen LogP contribution in [0.5, 0.6) is 0 Å². The molecule has 3 nitrogen and oxygen atoms in total.